The Morgan fingerprint density at radius 3 is 2.75 bits per heavy atom. The van der Waals surface area contributed by atoms with E-state index in [9.17, 15) is 4.79 Å². The number of nitrogens with zero attached hydrogens (tertiary/aromatic N) is 2. The Labute approximate surface area is 156 Å². The predicted octanol–water partition coefficient (Wildman–Crippen LogP) is 4.51. The van der Waals surface area contributed by atoms with Crippen LogP contribution < -0.4 is 4.80 Å². The molecule has 24 heavy (non-hydrogen) atoms. The van der Waals surface area contributed by atoms with Crippen molar-refractivity contribution in [3.05, 3.63) is 62.3 Å². The van der Waals surface area contributed by atoms with Gasteiger partial charge in [0.25, 0.3) is 5.91 Å². The minimum atomic E-state index is -0.288. The zero-order valence-electron chi connectivity index (χ0n) is 12.8. The summed E-state index contributed by atoms with van der Waals surface area (Å²) in [5.41, 5.74) is 1.54. The van der Waals surface area contributed by atoms with Crippen LogP contribution in [0.4, 0.5) is 0 Å². The second-order valence-electron chi connectivity index (χ2n) is 5.06. The second-order valence-corrected chi connectivity index (χ2v) is 7.43. The molecule has 0 N–H and O–H groups in total. The molecule has 7 heteroatoms. The number of amides is 1. The molecule has 0 unspecified atom stereocenters. The van der Waals surface area contributed by atoms with E-state index in [-0.39, 0.29) is 5.91 Å². The van der Waals surface area contributed by atoms with Crippen LogP contribution in [0.5, 0.6) is 0 Å². The molecule has 4 nitrogen and oxygen atoms in total. The van der Waals surface area contributed by atoms with Crippen LogP contribution in [0.2, 0.25) is 5.02 Å². The Bertz CT molecular complexity index is 947. The average molecular weight is 426 g/mol. The Morgan fingerprint density at radius 2 is 2.04 bits per heavy atom. The van der Waals surface area contributed by atoms with Crippen LogP contribution >= 0.6 is 38.9 Å². The first kappa shape index (κ1) is 17.4. The minimum Gasteiger partial charge on any atom is -0.383 e. The molecule has 0 aliphatic heterocycles. The molecular weight excluding hydrogens is 412 g/mol. The third kappa shape index (κ3) is 3.78. The lowest BCUT2D eigenvalue weighted by molar-refractivity contribution is 0.0997. The van der Waals surface area contributed by atoms with Gasteiger partial charge in [0.2, 0.25) is 0 Å². The van der Waals surface area contributed by atoms with Crippen molar-refractivity contribution in [2.75, 3.05) is 13.7 Å². The highest BCUT2D eigenvalue weighted by atomic mass is 79.9. The van der Waals surface area contributed by atoms with Gasteiger partial charge in [-0.05, 0) is 42.5 Å². The summed E-state index contributed by atoms with van der Waals surface area (Å²) in [5, 5.41) is 0.591. The van der Waals surface area contributed by atoms with Crippen LogP contribution in [0.1, 0.15) is 10.4 Å². The van der Waals surface area contributed by atoms with Gasteiger partial charge in [-0.2, -0.15) is 4.99 Å². The standard InChI is InChI=1S/C17H14BrClN2O2S/c1-23-9-8-21-14-7-4-12(18)10-15(14)24-17(21)20-16(22)11-2-5-13(19)6-3-11/h2-7,10H,8-9H2,1H3. The monoisotopic (exact) mass is 424 g/mol. The molecule has 0 radical (unpaired) electrons. The topological polar surface area (TPSA) is 43.6 Å². The SMILES string of the molecule is COCCn1c(=NC(=O)c2ccc(Cl)cc2)sc2cc(Br)ccc21. The van der Waals surface area contributed by atoms with Gasteiger partial charge < -0.3 is 9.30 Å². The van der Waals surface area contributed by atoms with Gasteiger partial charge in [0.15, 0.2) is 4.80 Å². The highest BCUT2D eigenvalue weighted by molar-refractivity contribution is 9.10. The summed E-state index contributed by atoms with van der Waals surface area (Å²) in [4.78, 5) is 17.4. The van der Waals surface area contributed by atoms with Gasteiger partial charge in [0.05, 0.1) is 16.8 Å². The molecule has 0 saturated carbocycles. The summed E-state index contributed by atoms with van der Waals surface area (Å²) in [5.74, 6) is -0.288. The molecule has 3 aromatic rings. The van der Waals surface area contributed by atoms with Crippen molar-refractivity contribution in [1.29, 1.82) is 0 Å². The molecule has 1 aromatic heterocycles. The maximum Gasteiger partial charge on any atom is 0.279 e. The molecule has 0 aliphatic rings. The molecule has 1 heterocycles. The molecule has 124 valence electrons. The summed E-state index contributed by atoms with van der Waals surface area (Å²) in [6.07, 6.45) is 0. The van der Waals surface area contributed by atoms with E-state index in [0.717, 1.165) is 14.7 Å². The summed E-state index contributed by atoms with van der Waals surface area (Å²) in [6, 6.07) is 12.7. The van der Waals surface area contributed by atoms with E-state index in [4.69, 9.17) is 16.3 Å². The van der Waals surface area contributed by atoms with Crippen molar-refractivity contribution in [2.24, 2.45) is 4.99 Å². The smallest absolute Gasteiger partial charge is 0.279 e. The molecule has 0 saturated heterocycles. The van der Waals surface area contributed by atoms with E-state index in [1.54, 1.807) is 31.4 Å². The fourth-order valence-electron chi connectivity index (χ4n) is 2.27. The molecule has 0 spiro atoms. The molecule has 1 amide bonds. The highest BCUT2D eigenvalue weighted by Crippen LogP contribution is 2.22. The van der Waals surface area contributed by atoms with Crippen molar-refractivity contribution < 1.29 is 9.53 Å². The molecule has 0 atom stereocenters. The summed E-state index contributed by atoms with van der Waals surface area (Å²) < 4.78 is 9.23. The maximum atomic E-state index is 12.4. The van der Waals surface area contributed by atoms with Crippen LogP contribution in [0, 0.1) is 0 Å². The number of fused-ring (bicyclic) bond motifs is 1. The van der Waals surface area contributed by atoms with Gasteiger partial charge in [0.1, 0.15) is 0 Å². The molecule has 0 aliphatic carbocycles. The number of benzene rings is 2. The lowest BCUT2D eigenvalue weighted by Gasteiger charge is -2.04. The normalized spacial score (nSPS) is 12.0. The fraction of sp³-hybridized carbons (Fsp3) is 0.176. The van der Waals surface area contributed by atoms with E-state index in [1.165, 1.54) is 11.3 Å². The maximum absolute atomic E-state index is 12.4. The number of ether oxygens (including phenoxy) is 1. The van der Waals surface area contributed by atoms with Crippen LogP contribution in [0.15, 0.2) is 51.9 Å². The highest BCUT2D eigenvalue weighted by Gasteiger charge is 2.09. The number of thiazole rings is 1. The number of carbonyl (C=O) groups excluding carboxylic acids is 1. The predicted molar refractivity (Wildman–Crippen MR) is 101 cm³/mol. The second kappa shape index (κ2) is 7.61. The summed E-state index contributed by atoms with van der Waals surface area (Å²) >= 11 is 10.8. The van der Waals surface area contributed by atoms with Crippen LogP contribution in [0.3, 0.4) is 0 Å². The average Bonchev–Trinajstić information content (AvgIpc) is 2.89. The first-order chi connectivity index (χ1) is 11.6. The molecule has 3 rings (SSSR count). The van der Waals surface area contributed by atoms with Crippen molar-refractivity contribution >= 4 is 55.0 Å². The van der Waals surface area contributed by atoms with Crippen LogP contribution in [-0.4, -0.2) is 24.2 Å². The third-order valence-corrected chi connectivity index (χ3v) is 5.24. The van der Waals surface area contributed by atoms with Gasteiger partial charge in [-0.3, -0.25) is 4.79 Å². The van der Waals surface area contributed by atoms with Gasteiger partial charge in [0, 0.05) is 28.7 Å². The van der Waals surface area contributed by atoms with Gasteiger partial charge in [-0.1, -0.05) is 38.9 Å². The third-order valence-electron chi connectivity index (χ3n) is 3.45. The molecular formula is C17H14BrClN2O2S. The summed E-state index contributed by atoms with van der Waals surface area (Å²) in [7, 11) is 1.65. The summed E-state index contributed by atoms with van der Waals surface area (Å²) in [6.45, 7) is 1.18. The van der Waals surface area contributed by atoms with Crippen molar-refractivity contribution in [1.82, 2.24) is 4.57 Å². The minimum absolute atomic E-state index is 0.288. The zero-order chi connectivity index (χ0) is 17.1. The number of rotatable bonds is 4. The molecule has 2 aromatic carbocycles. The van der Waals surface area contributed by atoms with E-state index < -0.39 is 0 Å². The molecule has 0 bridgehead atoms. The fourth-order valence-corrected chi connectivity index (χ4v) is 4.01. The number of methoxy groups -OCH3 is 1. The Morgan fingerprint density at radius 1 is 1.29 bits per heavy atom. The lowest BCUT2D eigenvalue weighted by Crippen LogP contribution is -2.19. The number of hydrogen-bond acceptors (Lipinski definition) is 3. The van der Waals surface area contributed by atoms with Crippen LogP contribution in [-0.2, 0) is 11.3 Å². The quantitative estimate of drug-likeness (QED) is 0.617. The first-order valence-electron chi connectivity index (χ1n) is 7.21. The number of halogens is 2. The number of aromatic nitrogens is 1. The lowest BCUT2D eigenvalue weighted by atomic mass is 10.2. The van der Waals surface area contributed by atoms with Gasteiger partial charge in [-0.25, -0.2) is 0 Å². The van der Waals surface area contributed by atoms with Crippen molar-refractivity contribution in [2.45, 2.75) is 6.54 Å². The van der Waals surface area contributed by atoms with Crippen molar-refractivity contribution in [3.8, 4) is 0 Å². The largest absolute Gasteiger partial charge is 0.383 e. The Balaban J connectivity index is 2.09. The van der Waals surface area contributed by atoms with Crippen LogP contribution in [0.25, 0.3) is 10.2 Å². The number of carbonyl (C=O) groups is 1. The number of hydrogen-bond donors (Lipinski definition) is 0. The Kier molecular flexibility index (Phi) is 5.50. The van der Waals surface area contributed by atoms with Gasteiger partial charge >= 0.3 is 0 Å². The van der Waals surface area contributed by atoms with Crippen molar-refractivity contribution in [3.63, 3.8) is 0 Å². The van der Waals surface area contributed by atoms with E-state index in [1.807, 2.05) is 22.8 Å². The van der Waals surface area contributed by atoms with E-state index >= 15 is 0 Å². The van der Waals surface area contributed by atoms with E-state index in [0.29, 0.717) is 28.5 Å². The Hall–Kier alpha value is -1.47. The first-order valence-corrected chi connectivity index (χ1v) is 9.19. The van der Waals surface area contributed by atoms with E-state index in [2.05, 4.69) is 20.9 Å². The zero-order valence-corrected chi connectivity index (χ0v) is 16.0. The molecule has 0 fully saturated rings. The van der Waals surface area contributed by atoms with Gasteiger partial charge in [-0.15, -0.1) is 0 Å².